The molecule has 50 heavy (non-hydrogen) atoms. The monoisotopic (exact) mass is 671 g/mol. The Hall–Kier alpha value is -4.25. The highest BCUT2D eigenvalue weighted by Crippen LogP contribution is 2.44. The van der Waals surface area contributed by atoms with Gasteiger partial charge in [0.05, 0.1) is 5.52 Å². The maximum absolute atomic E-state index is 4.61. The third-order valence-electron chi connectivity index (χ3n) is 12.9. The molecule has 1 aromatic carbocycles. The summed E-state index contributed by atoms with van der Waals surface area (Å²) in [5.41, 5.74) is 25.9. The van der Waals surface area contributed by atoms with Gasteiger partial charge in [0.2, 0.25) is 0 Å². The van der Waals surface area contributed by atoms with Gasteiger partial charge in [-0.15, -0.1) is 0 Å². The summed E-state index contributed by atoms with van der Waals surface area (Å²) in [5, 5.41) is 1.21. The van der Waals surface area contributed by atoms with Crippen molar-refractivity contribution in [2.75, 3.05) is 0 Å². The van der Waals surface area contributed by atoms with Crippen molar-refractivity contribution in [1.29, 1.82) is 0 Å². The Morgan fingerprint density at radius 2 is 1.04 bits per heavy atom. The minimum absolute atomic E-state index is 0. The van der Waals surface area contributed by atoms with Crippen LogP contribution in [0.15, 0.2) is 36.0 Å². The molecule has 0 radical (unpaired) electrons. The van der Waals surface area contributed by atoms with E-state index in [0.29, 0.717) is 0 Å². The Balaban J connectivity index is 0.000000193. The van der Waals surface area contributed by atoms with Gasteiger partial charge < -0.3 is 0 Å². The number of allylic oxidation sites excluding steroid dienone is 2. The molecule has 5 nitrogen and oxygen atoms in total. The molecule has 0 unspecified atom stereocenters. The lowest BCUT2D eigenvalue weighted by Gasteiger charge is -2.20. The van der Waals surface area contributed by atoms with Gasteiger partial charge >= 0.3 is 0 Å². The average molecular weight is 672 g/mol. The number of aryl methyl sites for hydroxylation is 6. The summed E-state index contributed by atoms with van der Waals surface area (Å²) in [5.74, 6) is 0. The Labute approximate surface area is 301 Å². The Bertz CT molecular complexity index is 2460. The number of benzene rings is 1. The smallest absolute Gasteiger partial charge is 0.256 e. The van der Waals surface area contributed by atoms with E-state index >= 15 is 0 Å². The summed E-state index contributed by atoms with van der Waals surface area (Å²) in [6.07, 6.45) is 1.88. The van der Waals surface area contributed by atoms with Crippen molar-refractivity contribution in [3.63, 3.8) is 0 Å². The molecular formula is C45H61N5+2. The van der Waals surface area contributed by atoms with Crippen LogP contribution in [0.1, 0.15) is 124 Å². The number of nitrogens with zero attached hydrogens (tertiary/aromatic N) is 5. The summed E-state index contributed by atoms with van der Waals surface area (Å²) in [7, 11) is 0. The number of hydrogen-bond acceptors (Lipinski definition) is 1. The molecule has 0 saturated carbocycles. The zero-order valence-corrected chi connectivity index (χ0v) is 32.1. The van der Waals surface area contributed by atoms with Crippen molar-refractivity contribution < 1.29 is 9.13 Å². The van der Waals surface area contributed by atoms with Gasteiger partial charge in [-0.1, -0.05) is 20.9 Å². The fourth-order valence-corrected chi connectivity index (χ4v) is 9.12. The highest BCUT2D eigenvalue weighted by Gasteiger charge is 2.47. The summed E-state index contributed by atoms with van der Waals surface area (Å²) >= 11 is 0. The molecule has 0 atom stereocenters. The van der Waals surface area contributed by atoms with E-state index in [1.165, 1.54) is 106 Å². The number of pyridine rings is 3. The summed E-state index contributed by atoms with van der Waals surface area (Å²) in [6.45, 7) is 36.4. The molecular weight excluding hydrogens is 611 g/mol. The second-order valence-electron chi connectivity index (χ2n) is 15.7. The van der Waals surface area contributed by atoms with Crippen LogP contribution in [0.2, 0.25) is 0 Å². The number of imidazole rings is 2. The highest BCUT2D eigenvalue weighted by molar-refractivity contribution is 5.87. The first-order chi connectivity index (χ1) is 22.4. The maximum atomic E-state index is 4.61. The first-order valence-corrected chi connectivity index (χ1v) is 17.5. The number of hydrogen-bond donors (Lipinski definition) is 0. The van der Waals surface area contributed by atoms with E-state index in [4.69, 9.17) is 0 Å². The van der Waals surface area contributed by atoms with Crippen molar-refractivity contribution in [1.82, 2.24) is 13.8 Å². The molecule has 5 aromatic heterocycles. The predicted molar refractivity (Wildman–Crippen MR) is 213 cm³/mol. The number of aromatic nitrogens is 5. The van der Waals surface area contributed by atoms with Crippen molar-refractivity contribution >= 4 is 27.8 Å². The van der Waals surface area contributed by atoms with E-state index in [2.05, 4.69) is 152 Å². The second kappa shape index (κ2) is 11.6. The van der Waals surface area contributed by atoms with Gasteiger partial charge in [-0.05, 0) is 143 Å². The fraction of sp³-hybridized carbons (Fsp3) is 0.444. The summed E-state index contributed by atoms with van der Waals surface area (Å²) < 4.78 is 10.0. The fourth-order valence-electron chi connectivity index (χ4n) is 9.12. The normalized spacial score (nSPS) is 15.1. The molecule has 0 N–H and O–H groups in total. The minimum Gasteiger partial charge on any atom is -0.256 e. The topological polar surface area (TPSA) is 29.5 Å². The van der Waals surface area contributed by atoms with Gasteiger partial charge in [-0.25, -0.2) is 9.13 Å². The van der Waals surface area contributed by atoms with Gasteiger partial charge in [-0.2, -0.15) is 8.80 Å². The molecule has 0 amide bonds. The largest absolute Gasteiger partial charge is 0.291 e. The number of rotatable bonds is 0. The molecule has 0 aliphatic carbocycles. The van der Waals surface area contributed by atoms with Crippen LogP contribution in [-0.4, -0.2) is 13.8 Å². The Kier molecular flexibility index (Phi) is 8.62. The molecule has 0 fully saturated rings. The van der Waals surface area contributed by atoms with Crippen LogP contribution in [0.25, 0.3) is 39.0 Å². The SMILES string of the molecule is C.C.CC1=C(C)C(C)(C)[n+]2c1c(C)n1c(C)c(C)c(C)c(C)c12.Cc1c(C)c(C)n2c(C)c3[n+](c2c1C)C(C)(C)c1cc2cccnc2cc1-3. The Morgan fingerprint density at radius 3 is 1.56 bits per heavy atom. The van der Waals surface area contributed by atoms with Crippen LogP contribution in [0.3, 0.4) is 0 Å². The Morgan fingerprint density at radius 1 is 0.560 bits per heavy atom. The average Bonchev–Trinajstić information content (AvgIpc) is 3.67. The first-order valence-electron chi connectivity index (χ1n) is 17.5. The van der Waals surface area contributed by atoms with Gasteiger partial charge in [0.15, 0.2) is 22.8 Å². The lowest BCUT2D eigenvalue weighted by atomic mass is 9.91. The van der Waals surface area contributed by atoms with E-state index in [9.17, 15) is 0 Å². The minimum atomic E-state index is -0.104. The summed E-state index contributed by atoms with van der Waals surface area (Å²) in [6, 6.07) is 8.80. The van der Waals surface area contributed by atoms with Crippen molar-refractivity contribution in [2.24, 2.45) is 0 Å². The zero-order valence-electron chi connectivity index (χ0n) is 32.1. The molecule has 0 bridgehead atoms. The quantitative estimate of drug-likeness (QED) is 0.148. The van der Waals surface area contributed by atoms with Gasteiger partial charge in [0.25, 0.3) is 11.3 Å². The molecule has 5 heteroatoms. The molecule has 0 spiro atoms. The molecule has 264 valence electrons. The lowest BCUT2D eigenvalue weighted by Crippen LogP contribution is -2.51. The van der Waals surface area contributed by atoms with E-state index in [1.54, 1.807) is 0 Å². The van der Waals surface area contributed by atoms with Gasteiger partial charge in [0.1, 0.15) is 22.5 Å². The standard InChI is InChI=1S/C24H26N3.C19H27N2.2CH4/c1-13-14(2)16(4)26-17(5)22-19-12-21-18(9-8-10-25-21)11-20(19)24(6,7)27(22)23(26)15(13)3;1-10-11(2)15(6)20-16(7)17-13(4)14(5)19(8,9)21(17)18(20)12(10)3;;/h8-12H,1-7H3;1-9H3;2*1H4/q2*+1;;. The molecule has 8 rings (SSSR count). The van der Waals surface area contributed by atoms with Crippen LogP contribution >= 0.6 is 0 Å². The predicted octanol–water partition coefficient (Wildman–Crippen LogP) is 10.7. The van der Waals surface area contributed by atoms with Gasteiger partial charge in [-0.3, -0.25) is 4.98 Å². The van der Waals surface area contributed by atoms with E-state index in [1.807, 2.05) is 12.3 Å². The molecule has 7 heterocycles. The third kappa shape index (κ3) is 4.40. The van der Waals surface area contributed by atoms with Crippen LogP contribution in [-0.2, 0) is 11.1 Å². The maximum Gasteiger partial charge on any atom is 0.291 e. The second-order valence-corrected chi connectivity index (χ2v) is 15.7. The van der Waals surface area contributed by atoms with E-state index < -0.39 is 0 Å². The zero-order chi connectivity index (χ0) is 35.1. The third-order valence-corrected chi connectivity index (χ3v) is 12.9. The van der Waals surface area contributed by atoms with Crippen LogP contribution < -0.4 is 9.13 Å². The van der Waals surface area contributed by atoms with Crippen LogP contribution in [0.4, 0.5) is 0 Å². The van der Waals surface area contributed by atoms with Crippen molar-refractivity contribution in [3.05, 3.63) is 103 Å². The molecule has 6 aromatic rings. The highest BCUT2D eigenvalue weighted by atomic mass is 15.2. The lowest BCUT2D eigenvalue weighted by molar-refractivity contribution is -0.721. The number of fused-ring (bicyclic) bond motifs is 9. The van der Waals surface area contributed by atoms with Crippen LogP contribution in [0, 0.1) is 69.2 Å². The molecule has 2 aliphatic rings. The first kappa shape index (κ1) is 37.0. The van der Waals surface area contributed by atoms with Gasteiger partial charge in [0, 0.05) is 53.3 Å². The molecule has 0 saturated heterocycles. The summed E-state index contributed by atoms with van der Waals surface area (Å²) in [4.78, 5) is 4.61. The van der Waals surface area contributed by atoms with Crippen molar-refractivity contribution in [2.45, 2.75) is 137 Å². The molecule has 2 aliphatic heterocycles. The van der Waals surface area contributed by atoms with E-state index in [-0.39, 0.29) is 25.9 Å². The van der Waals surface area contributed by atoms with Crippen LogP contribution in [0.5, 0.6) is 0 Å². The van der Waals surface area contributed by atoms with E-state index in [0.717, 1.165) is 5.52 Å². The van der Waals surface area contributed by atoms with Crippen molar-refractivity contribution in [3.8, 4) is 11.3 Å².